The van der Waals surface area contributed by atoms with Crippen molar-refractivity contribution in [2.75, 3.05) is 18.0 Å². The second kappa shape index (κ2) is 6.42. The summed E-state index contributed by atoms with van der Waals surface area (Å²) in [5, 5.41) is 3.38. The number of hydrogen-bond acceptors (Lipinski definition) is 2. The van der Waals surface area contributed by atoms with Crippen LogP contribution in [0.3, 0.4) is 0 Å². The maximum atomic E-state index is 14.5. The molecule has 2 aromatic carbocycles. The molecule has 5 heteroatoms. The van der Waals surface area contributed by atoms with Crippen molar-refractivity contribution < 1.29 is 9.18 Å². The molecule has 1 unspecified atom stereocenters. The normalized spacial score (nSPS) is 22.0. The van der Waals surface area contributed by atoms with Gasteiger partial charge in [0.05, 0.1) is 12.0 Å². The number of carbonyl (C=O) groups is 1. The van der Waals surface area contributed by atoms with Crippen molar-refractivity contribution in [3.8, 4) is 0 Å². The monoisotopic (exact) mass is 430 g/mol. The molecule has 27 heavy (non-hydrogen) atoms. The Hall–Kier alpha value is -1.72. The molecule has 2 aliphatic heterocycles. The Morgan fingerprint density at radius 1 is 1.26 bits per heavy atom. The van der Waals surface area contributed by atoms with Crippen molar-refractivity contribution in [1.82, 2.24) is 5.32 Å². The zero-order valence-corrected chi connectivity index (χ0v) is 17.5. The first-order valence-electron chi connectivity index (χ1n) is 9.35. The molecular weight excluding hydrogens is 407 g/mol. The SMILES string of the molecule is CC(C)(C)c1cccc2c1C1(CCNC1)C(=O)N2Cc1ccc(Br)cc1F. The molecule has 0 radical (unpaired) electrons. The van der Waals surface area contributed by atoms with Crippen LogP contribution in [0.2, 0.25) is 0 Å². The number of hydrogen-bond donors (Lipinski definition) is 1. The summed E-state index contributed by atoms with van der Waals surface area (Å²) in [6.45, 7) is 8.26. The van der Waals surface area contributed by atoms with Gasteiger partial charge in [-0.1, -0.05) is 54.9 Å². The summed E-state index contributed by atoms with van der Waals surface area (Å²) >= 11 is 3.30. The van der Waals surface area contributed by atoms with Gasteiger partial charge in [0.2, 0.25) is 5.91 Å². The second-order valence-corrected chi connectivity index (χ2v) is 9.50. The van der Waals surface area contributed by atoms with Crippen molar-refractivity contribution in [3.63, 3.8) is 0 Å². The lowest BCUT2D eigenvalue weighted by Crippen LogP contribution is -2.42. The van der Waals surface area contributed by atoms with Gasteiger partial charge in [0.15, 0.2) is 0 Å². The Balaban J connectivity index is 1.86. The zero-order chi connectivity index (χ0) is 19.4. The highest BCUT2D eigenvalue weighted by molar-refractivity contribution is 9.10. The van der Waals surface area contributed by atoms with Crippen LogP contribution in [-0.2, 0) is 22.2 Å². The van der Waals surface area contributed by atoms with Gasteiger partial charge in [0.25, 0.3) is 0 Å². The first-order valence-corrected chi connectivity index (χ1v) is 10.1. The van der Waals surface area contributed by atoms with E-state index in [2.05, 4.69) is 48.1 Å². The van der Waals surface area contributed by atoms with Crippen LogP contribution in [0.25, 0.3) is 0 Å². The third-order valence-electron chi connectivity index (χ3n) is 5.77. The molecule has 1 spiro atoms. The summed E-state index contributed by atoms with van der Waals surface area (Å²) in [7, 11) is 0. The number of nitrogens with zero attached hydrogens (tertiary/aromatic N) is 1. The van der Waals surface area contributed by atoms with E-state index in [0.717, 1.165) is 24.2 Å². The molecule has 0 aliphatic carbocycles. The molecule has 3 nitrogen and oxygen atoms in total. The molecular formula is C22H24BrFN2O. The number of nitrogens with one attached hydrogen (secondary N) is 1. The quantitative estimate of drug-likeness (QED) is 0.750. The summed E-state index contributed by atoms with van der Waals surface area (Å²) in [4.78, 5) is 15.4. The number of halogens is 2. The molecule has 4 rings (SSSR count). The maximum absolute atomic E-state index is 14.5. The lowest BCUT2D eigenvalue weighted by atomic mass is 9.72. The Morgan fingerprint density at radius 2 is 2.04 bits per heavy atom. The highest BCUT2D eigenvalue weighted by Crippen LogP contribution is 2.50. The second-order valence-electron chi connectivity index (χ2n) is 8.59. The summed E-state index contributed by atoms with van der Waals surface area (Å²) in [5.74, 6) is -0.210. The van der Waals surface area contributed by atoms with E-state index in [9.17, 15) is 9.18 Å². The minimum Gasteiger partial charge on any atom is -0.315 e. The molecule has 1 amide bonds. The highest BCUT2D eigenvalue weighted by atomic mass is 79.9. The fraction of sp³-hybridized carbons (Fsp3) is 0.409. The predicted octanol–water partition coefficient (Wildman–Crippen LogP) is 4.66. The van der Waals surface area contributed by atoms with Crippen LogP contribution in [0, 0.1) is 5.82 Å². The topological polar surface area (TPSA) is 32.3 Å². The summed E-state index contributed by atoms with van der Waals surface area (Å²) in [5.41, 5.74) is 3.19. The maximum Gasteiger partial charge on any atom is 0.239 e. The summed E-state index contributed by atoms with van der Waals surface area (Å²) in [6, 6.07) is 11.2. The Kier molecular flexibility index (Phi) is 4.43. The molecule has 2 aliphatic rings. The number of carbonyl (C=O) groups excluding carboxylic acids is 1. The van der Waals surface area contributed by atoms with E-state index >= 15 is 0 Å². The lowest BCUT2D eigenvalue weighted by molar-refractivity contribution is -0.122. The lowest BCUT2D eigenvalue weighted by Gasteiger charge is -2.29. The van der Waals surface area contributed by atoms with Gasteiger partial charge in [0, 0.05) is 22.3 Å². The average Bonchev–Trinajstić information content (AvgIpc) is 3.17. The molecule has 2 heterocycles. The van der Waals surface area contributed by atoms with E-state index in [1.165, 1.54) is 11.6 Å². The van der Waals surface area contributed by atoms with Crippen molar-refractivity contribution in [2.45, 2.75) is 44.6 Å². The van der Waals surface area contributed by atoms with E-state index in [1.807, 2.05) is 18.2 Å². The molecule has 142 valence electrons. The van der Waals surface area contributed by atoms with Crippen molar-refractivity contribution in [2.24, 2.45) is 0 Å². The smallest absolute Gasteiger partial charge is 0.239 e. The third kappa shape index (κ3) is 2.92. The molecule has 1 N–H and O–H groups in total. The van der Waals surface area contributed by atoms with Gasteiger partial charge in [-0.3, -0.25) is 4.79 Å². The number of rotatable bonds is 2. The van der Waals surface area contributed by atoms with Crippen LogP contribution in [0.4, 0.5) is 10.1 Å². The zero-order valence-electron chi connectivity index (χ0n) is 15.9. The van der Waals surface area contributed by atoms with Crippen LogP contribution in [0.5, 0.6) is 0 Å². The molecule has 1 saturated heterocycles. The van der Waals surface area contributed by atoms with E-state index in [-0.39, 0.29) is 23.7 Å². The molecule has 0 saturated carbocycles. The van der Waals surface area contributed by atoms with E-state index in [0.29, 0.717) is 16.6 Å². The summed E-state index contributed by atoms with van der Waals surface area (Å²) in [6.07, 6.45) is 0.783. The first-order chi connectivity index (χ1) is 12.7. The van der Waals surface area contributed by atoms with Gasteiger partial charge in [-0.2, -0.15) is 0 Å². The molecule has 1 fully saturated rings. The van der Waals surface area contributed by atoms with Gasteiger partial charge < -0.3 is 10.2 Å². The first kappa shape index (κ1) is 18.6. The predicted molar refractivity (Wildman–Crippen MR) is 110 cm³/mol. The summed E-state index contributed by atoms with van der Waals surface area (Å²) < 4.78 is 15.2. The third-order valence-corrected chi connectivity index (χ3v) is 6.27. The van der Waals surface area contributed by atoms with Gasteiger partial charge in [-0.05, 0) is 47.7 Å². The van der Waals surface area contributed by atoms with E-state index in [1.54, 1.807) is 11.0 Å². The molecule has 1 atom stereocenters. The van der Waals surface area contributed by atoms with Gasteiger partial charge >= 0.3 is 0 Å². The standard InChI is InChI=1S/C22H24BrFN2O/c1-21(2,3)16-5-4-6-18-19(16)22(9-10-25-13-22)20(27)26(18)12-14-7-8-15(23)11-17(14)24/h4-8,11,25H,9-10,12-13H2,1-3H3. The van der Waals surface area contributed by atoms with Gasteiger partial charge in [-0.15, -0.1) is 0 Å². The Labute approximate surface area is 168 Å². The van der Waals surface area contributed by atoms with Gasteiger partial charge in [0.1, 0.15) is 5.82 Å². The van der Waals surface area contributed by atoms with E-state index in [4.69, 9.17) is 0 Å². The Bertz CT molecular complexity index is 913. The van der Waals surface area contributed by atoms with Crippen molar-refractivity contribution >= 4 is 27.5 Å². The Morgan fingerprint density at radius 3 is 2.67 bits per heavy atom. The minimum atomic E-state index is -0.537. The largest absolute Gasteiger partial charge is 0.315 e. The highest BCUT2D eigenvalue weighted by Gasteiger charge is 2.54. The minimum absolute atomic E-state index is 0.0694. The number of benzene rings is 2. The fourth-order valence-corrected chi connectivity index (χ4v) is 4.77. The number of fused-ring (bicyclic) bond motifs is 2. The van der Waals surface area contributed by atoms with Crippen LogP contribution < -0.4 is 10.2 Å². The van der Waals surface area contributed by atoms with Crippen LogP contribution in [0.1, 0.15) is 43.9 Å². The van der Waals surface area contributed by atoms with Crippen LogP contribution >= 0.6 is 15.9 Å². The van der Waals surface area contributed by atoms with Crippen LogP contribution in [-0.4, -0.2) is 19.0 Å². The van der Waals surface area contributed by atoms with E-state index < -0.39 is 5.41 Å². The molecule has 0 bridgehead atoms. The van der Waals surface area contributed by atoms with Crippen LogP contribution in [0.15, 0.2) is 40.9 Å². The average molecular weight is 431 g/mol. The number of anilines is 1. The fourth-order valence-electron chi connectivity index (χ4n) is 4.43. The number of amides is 1. The molecule has 2 aromatic rings. The molecule has 0 aromatic heterocycles. The van der Waals surface area contributed by atoms with Crippen molar-refractivity contribution in [3.05, 3.63) is 63.4 Å². The van der Waals surface area contributed by atoms with Gasteiger partial charge in [-0.25, -0.2) is 4.39 Å². The van der Waals surface area contributed by atoms with Crippen molar-refractivity contribution in [1.29, 1.82) is 0 Å².